The maximum absolute atomic E-state index is 11.1. The van der Waals surface area contributed by atoms with Crippen LogP contribution in [0.4, 0.5) is 0 Å². The zero-order valence-electron chi connectivity index (χ0n) is 13.9. The van der Waals surface area contributed by atoms with Crippen molar-refractivity contribution in [2.75, 3.05) is 6.54 Å². The molecule has 5 fully saturated rings. The Balaban J connectivity index is 1.66. The molecule has 1 heterocycles. The van der Waals surface area contributed by atoms with Gasteiger partial charge in [-0.1, -0.05) is 19.9 Å². The van der Waals surface area contributed by atoms with Crippen LogP contribution in [0.15, 0.2) is 17.1 Å². The molecule has 0 aromatic heterocycles. The van der Waals surface area contributed by atoms with Crippen LogP contribution in [-0.2, 0) is 0 Å². The molecule has 1 aliphatic heterocycles. The minimum atomic E-state index is -0.246. The van der Waals surface area contributed by atoms with Crippen LogP contribution < -0.4 is 0 Å². The van der Waals surface area contributed by atoms with E-state index in [9.17, 15) is 5.11 Å². The van der Waals surface area contributed by atoms with Gasteiger partial charge in [-0.05, 0) is 73.7 Å². The number of nitrogens with zero attached hydrogens (tertiary/aromatic N) is 1. The molecule has 5 aliphatic carbocycles. The summed E-state index contributed by atoms with van der Waals surface area (Å²) in [5.41, 5.74) is 2.00. The molecule has 0 unspecified atom stereocenters. The molecule has 120 valence electrons. The predicted octanol–water partition coefficient (Wildman–Crippen LogP) is 3.99. The molecule has 0 saturated heterocycles. The van der Waals surface area contributed by atoms with Crippen molar-refractivity contribution in [1.29, 1.82) is 0 Å². The van der Waals surface area contributed by atoms with Crippen LogP contribution in [0.1, 0.15) is 58.3 Å². The van der Waals surface area contributed by atoms with Crippen LogP contribution in [-0.4, -0.2) is 24.0 Å². The topological polar surface area (TPSA) is 32.6 Å². The van der Waals surface area contributed by atoms with Crippen molar-refractivity contribution in [3.63, 3.8) is 0 Å². The molecule has 2 heteroatoms. The number of aliphatic imine (C=N–C) groups is 1. The van der Waals surface area contributed by atoms with Gasteiger partial charge in [0.05, 0.1) is 6.10 Å². The molecule has 0 aromatic rings. The Morgan fingerprint density at radius 2 is 2.00 bits per heavy atom. The van der Waals surface area contributed by atoms with E-state index >= 15 is 0 Å². The maximum atomic E-state index is 11.1. The molecule has 7 atom stereocenters. The Morgan fingerprint density at radius 1 is 1.18 bits per heavy atom. The highest BCUT2D eigenvalue weighted by Gasteiger charge is 2.68. The molecule has 22 heavy (non-hydrogen) atoms. The molecule has 6 aliphatic rings. The van der Waals surface area contributed by atoms with Crippen LogP contribution in [0.25, 0.3) is 0 Å². The van der Waals surface area contributed by atoms with Gasteiger partial charge >= 0.3 is 0 Å². The molecule has 0 aromatic carbocycles. The number of aliphatic hydroxyl groups excluding tert-OH is 1. The predicted molar refractivity (Wildman–Crippen MR) is 88.9 cm³/mol. The summed E-state index contributed by atoms with van der Waals surface area (Å²) in [6.07, 6.45) is 12.5. The minimum Gasteiger partial charge on any atom is -0.388 e. The van der Waals surface area contributed by atoms with Gasteiger partial charge in [-0.15, -0.1) is 0 Å². The van der Waals surface area contributed by atoms with Gasteiger partial charge in [-0.2, -0.15) is 0 Å². The van der Waals surface area contributed by atoms with Gasteiger partial charge in [0, 0.05) is 23.6 Å². The Bertz CT molecular complexity index is 568. The second kappa shape index (κ2) is 4.06. The second-order valence-corrected chi connectivity index (χ2v) is 9.42. The number of fused-ring (bicyclic) bond motifs is 2. The molecule has 2 nitrogen and oxygen atoms in total. The Morgan fingerprint density at radius 3 is 2.86 bits per heavy atom. The van der Waals surface area contributed by atoms with Crippen LogP contribution in [0.2, 0.25) is 0 Å². The number of aliphatic hydroxyl groups is 1. The Hall–Kier alpha value is -0.630. The highest BCUT2D eigenvalue weighted by molar-refractivity contribution is 5.70. The lowest BCUT2D eigenvalue weighted by Crippen LogP contribution is -2.66. The lowest BCUT2D eigenvalue weighted by molar-refractivity contribution is -0.185. The van der Waals surface area contributed by atoms with Crippen molar-refractivity contribution in [2.45, 2.75) is 64.4 Å². The fourth-order valence-electron chi connectivity index (χ4n) is 7.80. The van der Waals surface area contributed by atoms with Crippen molar-refractivity contribution in [2.24, 2.45) is 39.0 Å². The van der Waals surface area contributed by atoms with E-state index in [1.807, 2.05) is 0 Å². The molecule has 5 saturated carbocycles. The highest BCUT2D eigenvalue weighted by Crippen LogP contribution is 2.72. The van der Waals surface area contributed by atoms with Crippen molar-refractivity contribution < 1.29 is 5.11 Å². The number of rotatable bonds is 0. The van der Waals surface area contributed by atoms with Gasteiger partial charge in [0.25, 0.3) is 0 Å². The first kappa shape index (κ1) is 13.8. The lowest BCUT2D eigenvalue weighted by atomic mass is 9.35. The van der Waals surface area contributed by atoms with Crippen LogP contribution in [0, 0.1) is 34.0 Å². The van der Waals surface area contributed by atoms with Gasteiger partial charge in [0.1, 0.15) is 0 Å². The first-order valence-electron chi connectivity index (χ1n) is 9.40. The van der Waals surface area contributed by atoms with Crippen molar-refractivity contribution >= 4 is 6.21 Å². The van der Waals surface area contributed by atoms with E-state index in [0.29, 0.717) is 22.7 Å². The molecule has 0 amide bonds. The third-order valence-electron chi connectivity index (χ3n) is 8.77. The van der Waals surface area contributed by atoms with E-state index in [2.05, 4.69) is 19.7 Å². The fraction of sp³-hybridized carbons (Fsp3) is 0.850. The van der Waals surface area contributed by atoms with E-state index in [0.717, 1.165) is 18.0 Å². The third kappa shape index (κ3) is 1.36. The molecular weight excluding hydrogens is 270 g/mol. The summed E-state index contributed by atoms with van der Waals surface area (Å²) < 4.78 is 0. The van der Waals surface area contributed by atoms with E-state index in [4.69, 9.17) is 4.99 Å². The summed E-state index contributed by atoms with van der Waals surface area (Å²) in [5, 5.41) is 11.1. The summed E-state index contributed by atoms with van der Waals surface area (Å²) >= 11 is 0. The summed E-state index contributed by atoms with van der Waals surface area (Å²) in [6.45, 7) is 7.81. The molecule has 6 rings (SSSR count). The zero-order valence-corrected chi connectivity index (χ0v) is 13.9. The second-order valence-electron chi connectivity index (χ2n) is 9.42. The number of hydrogen-bond donors (Lipinski definition) is 1. The summed E-state index contributed by atoms with van der Waals surface area (Å²) in [5.74, 6) is 2.03. The van der Waals surface area contributed by atoms with Gasteiger partial charge in [-0.3, -0.25) is 4.99 Å². The monoisotopic (exact) mass is 299 g/mol. The molecule has 1 spiro atoms. The average molecular weight is 299 g/mol. The summed E-state index contributed by atoms with van der Waals surface area (Å²) in [6, 6.07) is 0. The van der Waals surface area contributed by atoms with Gasteiger partial charge in [0.2, 0.25) is 0 Å². The van der Waals surface area contributed by atoms with Crippen LogP contribution in [0.3, 0.4) is 0 Å². The molecule has 1 N–H and O–H groups in total. The Kier molecular flexibility index (Phi) is 2.54. The van der Waals surface area contributed by atoms with E-state index in [-0.39, 0.29) is 11.5 Å². The van der Waals surface area contributed by atoms with Crippen molar-refractivity contribution in [3.05, 3.63) is 12.2 Å². The van der Waals surface area contributed by atoms with E-state index in [1.165, 1.54) is 51.4 Å². The molecular formula is C20H29NO. The van der Waals surface area contributed by atoms with E-state index < -0.39 is 0 Å². The summed E-state index contributed by atoms with van der Waals surface area (Å²) in [4.78, 5) is 4.89. The summed E-state index contributed by atoms with van der Waals surface area (Å²) in [7, 11) is 0. The SMILES string of the molecule is C=C1[C@H]2CC[C@@]3(CC[C@@H]4[C@@]5(C)CCC[C@@]4(C=NC5)[C@@H]3C2)[C@H]1O. The van der Waals surface area contributed by atoms with Gasteiger partial charge < -0.3 is 5.11 Å². The van der Waals surface area contributed by atoms with Crippen molar-refractivity contribution in [1.82, 2.24) is 0 Å². The van der Waals surface area contributed by atoms with Gasteiger partial charge in [-0.25, -0.2) is 0 Å². The minimum absolute atomic E-state index is 0.129. The molecule has 4 bridgehead atoms. The lowest BCUT2D eigenvalue weighted by Gasteiger charge is -2.70. The van der Waals surface area contributed by atoms with Crippen LogP contribution in [0.5, 0.6) is 0 Å². The van der Waals surface area contributed by atoms with Crippen molar-refractivity contribution in [3.8, 4) is 0 Å². The number of hydrogen-bond acceptors (Lipinski definition) is 2. The first-order chi connectivity index (χ1) is 10.5. The Labute approximate surface area is 134 Å². The largest absolute Gasteiger partial charge is 0.388 e. The normalized spacial score (nSPS) is 59.1. The van der Waals surface area contributed by atoms with Gasteiger partial charge in [0.15, 0.2) is 0 Å². The van der Waals surface area contributed by atoms with E-state index in [1.54, 1.807) is 0 Å². The maximum Gasteiger partial charge on any atom is 0.0809 e. The standard InChI is InChI=1S/C20H29NO/c1-13-14-4-8-19(17(13)22)9-5-15-18(2)6-3-7-20(15,12-21-11-18)16(19)10-14/h12,14-17,22H,1,3-11H2,2H3/t14-,15+,16+,17-,18-,19-,20-/m0/s1. The fourth-order valence-corrected chi connectivity index (χ4v) is 7.80. The van der Waals surface area contributed by atoms with Crippen LogP contribution >= 0.6 is 0 Å². The molecule has 0 radical (unpaired) electrons. The average Bonchev–Trinajstić information content (AvgIpc) is 2.50. The highest BCUT2D eigenvalue weighted by atomic mass is 16.3. The smallest absolute Gasteiger partial charge is 0.0809 e. The third-order valence-corrected chi connectivity index (χ3v) is 8.77. The first-order valence-corrected chi connectivity index (χ1v) is 9.40. The quantitative estimate of drug-likeness (QED) is 0.674. The zero-order chi connectivity index (χ0) is 15.2.